The summed E-state index contributed by atoms with van der Waals surface area (Å²) in [6.45, 7) is 7.27. The Morgan fingerprint density at radius 2 is 2.17 bits per heavy atom. The van der Waals surface area contributed by atoms with Crippen molar-refractivity contribution in [2.75, 3.05) is 19.6 Å². The van der Waals surface area contributed by atoms with Gasteiger partial charge in [-0.3, -0.25) is 4.79 Å². The van der Waals surface area contributed by atoms with Crippen molar-refractivity contribution in [3.8, 4) is 11.3 Å². The van der Waals surface area contributed by atoms with Crippen LogP contribution in [0.25, 0.3) is 11.3 Å². The molecule has 1 aliphatic rings. The van der Waals surface area contributed by atoms with Crippen LogP contribution < -0.4 is 5.32 Å². The fraction of sp³-hybridized carbons (Fsp3) is 0.444. The summed E-state index contributed by atoms with van der Waals surface area (Å²) in [5.74, 6) is 0.961. The fourth-order valence-electron chi connectivity index (χ4n) is 2.95. The van der Waals surface area contributed by atoms with E-state index < -0.39 is 0 Å². The van der Waals surface area contributed by atoms with Gasteiger partial charge in [0.25, 0.3) is 5.91 Å². The summed E-state index contributed by atoms with van der Waals surface area (Å²) < 4.78 is 5.27. The molecule has 1 unspecified atom stereocenters. The van der Waals surface area contributed by atoms with Crippen molar-refractivity contribution in [2.24, 2.45) is 5.92 Å². The molecule has 1 saturated heterocycles. The van der Waals surface area contributed by atoms with E-state index in [1.807, 2.05) is 30.3 Å². The summed E-state index contributed by atoms with van der Waals surface area (Å²) in [7, 11) is 0. The van der Waals surface area contributed by atoms with Crippen LogP contribution in [0.1, 0.15) is 30.8 Å². The van der Waals surface area contributed by atoms with E-state index in [1.165, 1.54) is 0 Å². The van der Waals surface area contributed by atoms with Gasteiger partial charge < -0.3 is 14.7 Å². The normalized spacial score (nSPS) is 18.5. The number of benzene rings is 1. The average Bonchev–Trinajstić information content (AvgIpc) is 3.23. The van der Waals surface area contributed by atoms with E-state index >= 15 is 0 Å². The van der Waals surface area contributed by atoms with Gasteiger partial charge in [0.05, 0.1) is 0 Å². The minimum Gasteiger partial charge on any atom is -0.355 e. The fourth-order valence-corrected chi connectivity index (χ4v) is 2.95. The molecule has 0 spiro atoms. The highest BCUT2D eigenvalue weighted by Crippen LogP contribution is 2.20. The number of hydrogen-bond acceptors (Lipinski definition) is 4. The van der Waals surface area contributed by atoms with Crippen LogP contribution in [-0.4, -0.2) is 41.6 Å². The molecule has 1 aromatic carbocycles. The Kier molecular flexibility index (Phi) is 4.76. The van der Waals surface area contributed by atoms with E-state index in [9.17, 15) is 4.79 Å². The number of carbonyl (C=O) groups is 1. The molecule has 2 heterocycles. The van der Waals surface area contributed by atoms with E-state index in [-0.39, 0.29) is 5.91 Å². The van der Waals surface area contributed by atoms with Crippen molar-refractivity contribution in [1.29, 1.82) is 0 Å². The number of carbonyl (C=O) groups excluding carboxylic acids is 1. The third kappa shape index (κ3) is 3.79. The Labute approximate surface area is 136 Å². The first-order valence-electron chi connectivity index (χ1n) is 8.18. The second kappa shape index (κ2) is 6.96. The van der Waals surface area contributed by atoms with Crippen LogP contribution in [0.15, 0.2) is 40.9 Å². The molecule has 5 nitrogen and oxygen atoms in total. The number of likely N-dealkylation sites (tertiary alicyclic amines) is 1. The summed E-state index contributed by atoms with van der Waals surface area (Å²) in [5, 5.41) is 6.86. The maximum absolute atomic E-state index is 12.2. The van der Waals surface area contributed by atoms with Crippen molar-refractivity contribution >= 4 is 5.91 Å². The molecule has 0 bridgehead atoms. The van der Waals surface area contributed by atoms with E-state index in [0.717, 1.165) is 25.1 Å². The molecule has 2 aromatic rings. The summed E-state index contributed by atoms with van der Waals surface area (Å²) >= 11 is 0. The Balaban J connectivity index is 1.54. The minimum absolute atomic E-state index is 0.168. The molecule has 1 fully saturated rings. The molecule has 1 atom stereocenters. The monoisotopic (exact) mass is 313 g/mol. The lowest BCUT2D eigenvalue weighted by Gasteiger charge is -2.20. The Morgan fingerprint density at radius 1 is 1.39 bits per heavy atom. The van der Waals surface area contributed by atoms with Crippen molar-refractivity contribution in [3.63, 3.8) is 0 Å². The van der Waals surface area contributed by atoms with Crippen molar-refractivity contribution in [2.45, 2.75) is 26.3 Å². The Morgan fingerprint density at radius 3 is 2.87 bits per heavy atom. The first-order chi connectivity index (χ1) is 11.1. The van der Waals surface area contributed by atoms with Crippen LogP contribution in [0.3, 0.4) is 0 Å². The van der Waals surface area contributed by atoms with Crippen LogP contribution in [-0.2, 0) is 0 Å². The molecule has 0 aliphatic carbocycles. The van der Waals surface area contributed by atoms with Gasteiger partial charge in [-0.15, -0.1) is 0 Å². The first kappa shape index (κ1) is 15.7. The maximum Gasteiger partial charge on any atom is 0.273 e. The third-order valence-electron chi connectivity index (χ3n) is 4.40. The van der Waals surface area contributed by atoms with Crippen LogP contribution in [0.4, 0.5) is 0 Å². The summed E-state index contributed by atoms with van der Waals surface area (Å²) in [4.78, 5) is 14.7. The maximum atomic E-state index is 12.2. The predicted octanol–water partition coefficient (Wildman–Crippen LogP) is 2.80. The second-order valence-corrected chi connectivity index (χ2v) is 6.40. The molecule has 1 aromatic heterocycles. The van der Waals surface area contributed by atoms with Gasteiger partial charge in [0.15, 0.2) is 11.5 Å². The third-order valence-corrected chi connectivity index (χ3v) is 4.40. The lowest BCUT2D eigenvalue weighted by Crippen LogP contribution is -2.33. The van der Waals surface area contributed by atoms with Crippen LogP contribution in [0.5, 0.6) is 0 Å². The topological polar surface area (TPSA) is 58.4 Å². The van der Waals surface area contributed by atoms with E-state index in [0.29, 0.717) is 30.0 Å². The van der Waals surface area contributed by atoms with Crippen LogP contribution in [0, 0.1) is 5.92 Å². The zero-order valence-electron chi connectivity index (χ0n) is 13.7. The summed E-state index contributed by atoms with van der Waals surface area (Å²) in [6.07, 6.45) is 1.13. The van der Waals surface area contributed by atoms with Gasteiger partial charge in [0, 0.05) is 30.8 Å². The van der Waals surface area contributed by atoms with Crippen LogP contribution >= 0.6 is 0 Å². The van der Waals surface area contributed by atoms with Gasteiger partial charge in [-0.05, 0) is 32.7 Å². The molecular weight excluding hydrogens is 290 g/mol. The van der Waals surface area contributed by atoms with Crippen LogP contribution in [0.2, 0.25) is 0 Å². The number of nitrogens with one attached hydrogen (secondary N) is 1. The average molecular weight is 313 g/mol. The highest BCUT2D eigenvalue weighted by atomic mass is 16.5. The first-order valence-corrected chi connectivity index (χ1v) is 8.18. The smallest absolute Gasteiger partial charge is 0.273 e. The molecule has 1 amide bonds. The van der Waals surface area contributed by atoms with Gasteiger partial charge in [0.2, 0.25) is 0 Å². The molecular formula is C18H23N3O2. The lowest BCUT2D eigenvalue weighted by molar-refractivity contribution is 0.0938. The number of nitrogens with zero attached hydrogens (tertiary/aromatic N) is 2. The lowest BCUT2D eigenvalue weighted by atomic mass is 10.1. The quantitative estimate of drug-likeness (QED) is 0.922. The molecule has 0 saturated carbocycles. The Hall–Kier alpha value is -2.14. The standard InChI is InChI=1S/C18H23N3O2/c1-13(2)21-9-8-14(12-21)11-19-18(22)16-10-17(23-20-16)15-6-4-3-5-7-15/h3-7,10,13-14H,8-9,11-12H2,1-2H3,(H,19,22). The van der Waals surface area contributed by atoms with Crippen molar-refractivity contribution in [3.05, 3.63) is 42.1 Å². The summed E-state index contributed by atoms with van der Waals surface area (Å²) in [6, 6.07) is 11.9. The van der Waals surface area contributed by atoms with E-state index in [4.69, 9.17) is 4.52 Å². The van der Waals surface area contributed by atoms with Crippen molar-refractivity contribution in [1.82, 2.24) is 15.4 Å². The highest BCUT2D eigenvalue weighted by molar-refractivity contribution is 5.93. The van der Waals surface area contributed by atoms with Gasteiger partial charge >= 0.3 is 0 Å². The number of amides is 1. The Bertz CT molecular complexity index is 651. The molecule has 1 aliphatic heterocycles. The zero-order chi connectivity index (χ0) is 16.2. The molecule has 5 heteroatoms. The molecule has 1 N–H and O–H groups in total. The molecule has 3 rings (SSSR count). The van der Waals surface area contributed by atoms with Gasteiger partial charge in [0.1, 0.15) is 0 Å². The van der Waals surface area contributed by atoms with E-state index in [1.54, 1.807) is 6.07 Å². The highest BCUT2D eigenvalue weighted by Gasteiger charge is 2.25. The largest absolute Gasteiger partial charge is 0.355 e. The van der Waals surface area contributed by atoms with Gasteiger partial charge in [-0.2, -0.15) is 0 Å². The van der Waals surface area contributed by atoms with Gasteiger partial charge in [-0.25, -0.2) is 0 Å². The van der Waals surface area contributed by atoms with E-state index in [2.05, 4.69) is 29.2 Å². The molecule has 0 radical (unpaired) electrons. The van der Waals surface area contributed by atoms with Gasteiger partial charge in [-0.1, -0.05) is 35.5 Å². The predicted molar refractivity (Wildman–Crippen MR) is 89.1 cm³/mol. The minimum atomic E-state index is -0.168. The number of hydrogen-bond donors (Lipinski definition) is 1. The zero-order valence-corrected chi connectivity index (χ0v) is 13.7. The number of aromatic nitrogens is 1. The second-order valence-electron chi connectivity index (χ2n) is 6.40. The summed E-state index contributed by atoms with van der Waals surface area (Å²) in [5.41, 5.74) is 1.25. The van der Waals surface area contributed by atoms with Crippen molar-refractivity contribution < 1.29 is 9.32 Å². The number of rotatable bonds is 5. The molecule has 23 heavy (non-hydrogen) atoms. The molecule has 122 valence electrons. The SMILES string of the molecule is CC(C)N1CCC(CNC(=O)c2cc(-c3ccccc3)on2)C1.